The Labute approximate surface area is 99.4 Å². The van der Waals surface area contributed by atoms with Crippen LogP contribution in [0.3, 0.4) is 0 Å². The third-order valence-corrected chi connectivity index (χ3v) is 3.02. The van der Waals surface area contributed by atoms with E-state index in [1.165, 1.54) is 6.07 Å². The van der Waals surface area contributed by atoms with E-state index in [2.05, 4.69) is 6.07 Å². The first-order valence-corrected chi connectivity index (χ1v) is 5.50. The number of rotatable bonds is 3. The lowest BCUT2D eigenvalue weighted by molar-refractivity contribution is -0.126. The molecule has 1 aromatic carbocycles. The van der Waals surface area contributed by atoms with Gasteiger partial charge in [0.1, 0.15) is 5.78 Å². The summed E-state index contributed by atoms with van der Waals surface area (Å²) in [5.41, 5.74) is 0.0113. The topological polar surface area (TPSA) is 70.3 Å². The molecule has 0 aromatic heterocycles. The van der Waals surface area contributed by atoms with Crippen molar-refractivity contribution in [3.8, 4) is 17.6 Å². The van der Waals surface area contributed by atoms with Crippen molar-refractivity contribution in [2.75, 3.05) is 6.61 Å². The lowest BCUT2D eigenvalue weighted by Gasteiger charge is -2.34. The predicted octanol–water partition coefficient (Wildman–Crippen LogP) is 1.92. The molecule has 2 rings (SSSR count). The van der Waals surface area contributed by atoms with Crippen LogP contribution in [0, 0.1) is 11.3 Å². The van der Waals surface area contributed by atoms with E-state index in [4.69, 9.17) is 4.74 Å². The Morgan fingerprint density at radius 3 is 2.76 bits per heavy atom. The molecular weight excluding hydrogens is 218 g/mol. The molecular formula is C13H13NO3. The second-order valence-corrected chi connectivity index (χ2v) is 4.20. The second kappa shape index (κ2) is 4.10. The van der Waals surface area contributed by atoms with E-state index in [0.29, 0.717) is 12.4 Å². The molecule has 0 saturated heterocycles. The van der Waals surface area contributed by atoms with Crippen LogP contribution >= 0.6 is 0 Å². The van der Waals surface area contributed by atoms with Gasteiger partial charge < -0.3 is 9.84 Å². The minimum Gasteiger partial charge on any atom is -0.504 e. The Morgan fingerprint density at radius 2 is 2.24 bits per heavy atom. The van der Waals surface area contributed by atoms with Gasteiger partial charge >= 0.3 is 0 Å². The van der Waals surface area contributed by atoms with Crippen molar-refractivity contribution >= 4 is 5.78 Å². The van der Waals surface area contributed by atoms with Crippen LogP contribution in [0.1, 0.15) is 25.3 Å². The molecule has 0 heterocycles. The van der Waals surface area contributed by atoms with Gasteiger partial charge in [0.15, 0.2) is 11.5 Å². The number of ketones is 1. The van der Waals surface area contributed by atoms with Crippen LogP contribution in [0.5, 0.6) is 11.5 Å². The van der Waals surface area contributed by atoms with E-state index >= 15 is 0 Å². The number of hydrogen-bond donors (Lipinski definition) is 1. The van der Waals surface area contributed by atoms with E-state index in [9.17, 15) is 15.2 Å². The fourth-order valence-corrected chi connectivity index (χ4v) is 2.05. The summed E-state index contributed by atoms with van der Waals surface area (Å²) in [6, 6.07) is 7.02. The fourth-order valence-electron chi connectivity index (χ4n) is 2.05. The molecule has 17 heavy (non-hydrogen) atoms. The molecule has 4 nitrogen and oxygen atoms in total. The zero-order valence-electron chi connectivity index (χ0n) is 9.56. The first-order valence-electron chi connectivity index (χ1n) is 5.50. The Kier molecular flexibility index (Phi) is 2.76. The van der Waals surface area contributed by atoms with E-state index < -0.39 is 5.41 Å². The van der Waals surface area contributed by atoms with Crippen LogP contribution in [0.15, 0.2) is 18.2 Å². The molecule has 1 N–H and O–H groups in total. The maximum Gasteiger partial charge on any atom is 0.161 e. The SMILES string of the molecule is CCOc1cc(C2(C#N)CC(=O)C2)ccc1O. The quantitative estimate of drug-likeness (QED) is 0.862. The highest BCUT2D eigenvalue weighted by Gasteiger charge is 2.45. The van der Waals surface area contributed by atoms with Crippen molar-refractivity contribution in [2.24, 2.45) is 0 Å². The summed E-state index contributed by atoms with van der Waals surface area (Å²) >= 11 is 0. The molecule has 0 bridgehead atoms. The third-order valence-electron chi connectivity index (χ3n) is 3.02. The summed E-state index contributed by atoms with van der Waals surface area (Å²) in [6.07, 6.45) is 0.500. The summed E-state index contributed by atoms with van der Waals surface area (Å²) in [5, 5.41) is 18.8. The van der Waals surface area contributed by atoms with Gasteiger partial charge in [-0.05, 0) is 24.6 Å². The van der Waals surface area contributed by atoms with Crippen molar-refractivity contribution in [3.63, 3.8) is 0 Å². The average Bonchev–Trinajstić information content (AvgIpc) is 2.28. The van der Waals surface area contributed by atoms with Gasteiger partial charge in [0, 0.05) is 12.8 Å². The standard InChI is InChI=1S/C13H13NO3/c1-2-17-12-5-9(3-4-11(12)16)13(8-14)6-10(15)7-13/h3-5,16H,2,6-7H2,1H3. The van der Waals surface area contributed by atoms with Gasteiger partial charge in [-0.1, -0.05) is 6.07 Å². The minimum atomic E-state index is -0.726. The first-order chi connectivity index (χ1) is 8.11. The number of ether oxygens (including phenoxy) is 1. The maximum atomic E-state index is 11.1. The number of phenols is 1. The molecule has 1 fully saturated rings. The summed E-state index contributed by atoms with van der Waals surface area (Å²) in [5.74, 6) is 0.505. The average molecular weight is 231 g/mol. The molecule has 1 saturated carbocycles. The molecule has 88 valence electrons. The molecule has 0 aliphatic heterocycles. The maximum absolute atomic E-state index is 11.1. The number of nitrogens with zero attached hydrogens (tertiary/aromatic N) is 1. The van der Waals surface area contributed by atoms with Gasteiger partial charge in [-0.2, -0.15) is 5.26 Å². The monoisotopic (exact) mass is 231 g/mol. The molecule has 4 heteroatoms. The zero-order valence-corrected chi connectivity index (χ0v) is 9.56. The highest BCUT2D eigenvalue weighted by atomic mass is 16.5. The normalized spacial score (nSPS) is 17.1. The number of aromatic hydroxyl groups is 1. The van der Waals surface area contributed by atoms with Gasteiger partial charge in [0.2, 0.25) is 0 Å². The molecule has 0 amide bonds. The molecule has 0 spiro atoms. The molecule has 0 unspecified atom stereocenters. The number of carbonyl (C=O) groups is 1. The van der Waals surface area contributed by atoms with Crippen LogP contribution in [0.2, 0.25) is 0 Å². The largest absolute Gasteiger partial charge is 0.504 e. The fraction of sp³-hybridized carbons (Fsp3) is 0.385. The molecule has 1 aliphatic carbocycles. The Bertz CT molecular complexity index is 494. The zero-order chi connectivity index (χ0) is 12.5. The van der Waals surface area contributed by atoms with Crippen LogP contribution < -0.4 is 4.74 Å². The predicted molar refractivity (Wildman–Crippen MR) is 60.8 cm³/mol. The molecule has 1 aliphatic rings. The highest BCUT2D eigenvalue weighted by Crippen LogP contribution is 2.43. The number of Topliss-reactive ketones (excluding diaryl/α,β-unsaturated/α-hetero) is 1. The summed E-state index contributed by atoms with van der Waals surface area (Å²) < 4.78 is 5.27. The van der Waals surface area contributed by atoms with Crippen molar-refractivity contribution in [2.45, 2.75) is 25.2 Å². The van der Waals surface area contributed by atoms with Crippen molar-refractivity contribution in [1.82, 2.24) is 0 Å². The smallest absolute Gasteiger partial charge is 0.161 e. The summed E-state index contributed by atoms with van der Waals surface area (Å²) in [7, 11) is 0. The number of carbonyl (C=O) groups excluding carboxylic acids is 1. The first kappa shape index (κ1) is 11.5. The van der Waals surface area contributed by atoms with E-state index in [0.717, 1.165) is 5.56 Å². The Hall–Kier alpha value is -2.02. The van der Waals surface area contributed by atoms with Crippen LogP contribution in [-0.4, -0.2) is 17.5 Å². The number of nitriles is 1. The lowest BCUT2D eigenvalue weighted by atomic mass is 9.65. The third kappa shape index (κ3) is 1.84. The van der Waals surface area contributed by atoms with Crippen molar-refractivity contribution in [3.05, 3.63) is 23.8 Å². The number of hydrogen-bond acceptors (Lipinski definition) is 4. The number of phenolic OH excluding ortho intramolecular Hbond substituents is 1. The molecule has 0 radical (unpaired) electrons. The minimum absolute atomic E-state index is 0.0503. The van der Waals surface area contributed by atoms with Gasteiger partial charge in [-0.3, -0.25) is 4.79 Å². The molecule has 1 aromatic rings. The van der Waals surface area contributed by atoms with Gasteiger partial charge in [0.05, 0.1) is 18.1 Å². The van der Waals surface area contributed by atoms with Crippen molar-refractivity contribution in [1.29, 1.82) is 5.26 Å². The highest BCUT2D eigenvalue weighted by molar-refractivity contribution is 5.90. The van der Waals surface area contributed by atoms with Gasteiger partial charge in [-0.25, -0.2) is 0 Å². The van der Waals surface area contributed by atoms with Gasteiger partial charge in [0.25, 0.3) is 0 Å². The van der Waals surface area contributed by atoms with Crippen LogP contribution in [0.4, 0.5) is 0 Å². The summed E-state index contributed by atoms with van der Waals surface area (Å²) in [6.45, 7) is 2.26. The second-order valence-electron chi connectivity index (χ2n) is 4.20. The number of benzene rings is 1. The van der Waals surface area contributed by atoms with Crippen LogP contribution in [-0.2, 0) is 10.2 Å². The van der Waals surface area contributed by atoms with E-state index in [1.54, 1.807) is 12.1 Å². The van der Waals surface area contributed by atoms with E-state index in [1.807, 2.05) is 6.92 Å². The summed E-state index contributed by atoms with van der Waals surface area (Å²) in [4.78, 5) is 11.1. The van der Waals surface area contributed by atoms with Crippen LogP contribution in [0.25, 0.3) is 0 Å². The molecule has 0 atom stereocenters. The Balaban J connectivity index is 2.37. The lowest BCUT2D eigenvalue weighted by Crippen LogP contribution is -2.40. The van der Waals surface area contributed by atoms with E-state index in [-0.39, 0.29) is 24.4 Å². The van der Waals surface area contributed by atoms with Gasteiger partial charge in [-0.15, -0.1) is 0 Å². The Morgan fingerprint density at radius 1 is 1.53 bits per heavy atom. The van der Waals surface area contributed by atoms with Crippen molar-refractivity contribution < 1.29 is 14.6 Å².